The molecule has 0 amide bonds. The maximum absolute atomic E-state index is 13.3. The summed E-state index contributed by atoms with van der Waals surface area (Å²) in [6.07, 6.45) is -0.280. The summed E-state index contributed by atoms with van der Waals surface area (Å²) in [5.41, 5.74) is 1.25. The van der Waals surface area contributed by atoms with Crippen molar-refractivity contribution in [3.63, 3.8) is 0 Å². The fourth-order valence-electron chi connectivity index (χ4n) is 2.43. The van der Waals surface area contributed by atoms with Gasteiger partial charge in [-0.25, -0.2) is 12.8 Å². The van der Waals surface area contributed by atoms with Crippen LogP contribution < -0.4 is 0 Å². The number of halogens is 1. The first kappa shape index (κ1) is 15.1. The Morgan fingerprint density at radius 1 is 1.18 bits per heavy atom. The van der Waals surface area contributed by atoms with Gasteiger partial charge in [-0.15, -0.1) is 0 Å². The van der Waals surface area contributed by atoms with Crippen molar-refractivity contribution in [2.75, 3.05) is 13.3 Å². The van der Waals surface area contributed by atoms with Crippen LogP contribution in [0.4, 0.5) is 4.39 Å². The standard InChI is InChI=1S/C16H16FNO3S/c1-12-9-14(7-8-15(12)17)22(19,20)18-10-16(21-11-18)13-5-3-2-4-6-13/h2-9,16H,10-11H2,1H3. The number of ether oxygens (including phenoxy) is 1. The molecule has 6 heteroatoms. The molecule has 1 saturated heterocycles. The van der Waals surface area contributed by atoms with Crippen LogP contribution in [0.5, 0.6) is 0 Å². The fraction of sp³-hybridized carbons (Fsp3) is 0.250. The van der Waals surface area contributed by atoms with Crippen molar-refractivity contribution in [3.05, 3.63) is 65.5 Å². The molecule has 22 heavy (non-hydrogen) atoms. The molecule has 4 nitrogen and oxygen atoms in total. The fourth-order valence-corrected chi connectivity index (χ4v) is 3.82. The van der Waals surface area contributed by atoms with Crippen LogP contribution in [0.3, 0.4) is 0 Å². The Morgan fingerprint density at radius 3 is 2.59 bits per heavy atom. The molecule has 2 aromatic rings. The molecule has 1 heterocycles. The predicted octanol–water partition coefficient (Wildman–Crippen LogP) is 2.85. The van der Waals surface area contributed by atoms with E-state index in [9.17, 15) is 12.8 Å². The van der Waals surface area contributed by atoms with Gasteiger partial charge in [0.25, 0.3) is 0 Å². The molecule has 1 atom stereocenters. The quantitative estimate of drug-likeness (QED) is 0.873. The second kappa shape index (κ2) is 5.79. The summed E-state index contributed by atoms with van der Waals surface area (Å²) in [5, 5.41) is 0. The second-order valence-electron chi connectivity index (χ2n) is 5.25. The molecule has 1 aliphatic heterocycles. The molecule has 1 aliphatic rings. The number of rotatable bonds is 3. The minimum absolute atomic E-state index is 0.00167. The van der Waals surface area contributed by atoms with Gasteiger partial charge in [0.1, 0.15) is 12.5 Å². The first-order valence-corrected chi connectivity index (χ1v) is 8.35. The molecule has 2 aromatic carbocycles. The highest BCUT2D eigenvalue weighted by Gasteiger charge is 2.34. The Hall–Kier alpha value is -1.76. The third-order valence-corrected chi connectivity index (χ3v) is 5.51. The van der Waals surface area contributed by atoms with Crippen LogP contribution in [0.1, 0.15) is 17.2 Å². The highest BCUT2D eigenvalue weighted by atomic mass is 32.2. The molecule has 1 fully saturated rings. The Balaban J connectivity index is 1.83. The van der Waals surface area contributed by atoms with E-state index in [-0.39, 0.29) is 24.3 Å². The zero-order chi connectivity index (χ0) is 15.7. The van der Waals surface area contributed by atoms with Crippen LogP contribution in [-0.2, 0) is 14.8 Å². The highest BCUT2D eigenvalue weighted by molar-refractivity contribution is 7.89. The first-order valence-electron chi connectivity index (χ1n) is 6.91. The summed E-state index contributed by atoms with van der Waals surface area (Å²) in [6, 6.07) is 13.3. The van der Waals surface area contributed by atoms with Crippen LogP contribution in [-0.4, -0.2) is 26.0 Å². The largest absolute Gasteiger partial charge is 0.356 e. The van der Waals surface area contributed by atoms with Gasteiger partial charge in [-0.3, -0.25) is 0 Å². The van der Waals surface area contributed by atoms with Crippen molar-refractivity contribution >= 4 is 10.0 Å². The van der Waals surface area contributed by atoms with Crippen LogP contribution in [0.15, 0.2) is 53.4 Å². The van der Waals surface area contributed by atoms with E-state index in [1.54, 1.807) is 6.92 Å². The monoisotopic (exact) mass is 321 g/mol. The van der Waals surface area contributed by atoms with Crippen molar-refractivity contribution in [2.24, 2.45) is 0 Å². The van der Waals surface area contributed by atoms with Crippen LogP contribution >= 0.6 is 0 Å². The molecule has 116 valence electrons. The highest BCUT2D eigenvalue weighted by Crippen LogP contribution is 2.29. The van der Waals surface area contributed by atoms with Crippen molar-refractivity contribution in [3.8, 4) is 0 Å². The molecule has 0 aliphatic carbocycles. The molecule has 0 saturated carbocycles. The minimum atomic E-state index is -3.68. The number of hydrogen-bond donors (Lipinski definition) is 0. The summed E-state index contributed by atoms with van der Waals surface area (Å²) in [7, 11) is -3.68. The van der Waals surface area contributed by atoms with E-state index in [4.69, 9.17) is 4.74 Å². The molecule has 3 rings (SSSR count). The van der Waals surface area contributed by atoms with E-state index in [2.05, 4.69) is 0 Å². The predicted molar refractivity (Wildman–Crippen MR) is 80.2 cm³/mol. The minimum Gasteiger partial charge on any atom is -0.356 e. The molecule has 0 spiro atoms. The first-order chi connectivity index (χ1) is 10.5. The topological polar surface area (TPSA) is 46.6 Å². The summed E-state index contributed by atoms with van der Waals surface area (Å²) in [5.74, 6) is -0.418. The maximum atomic E-state index is 13.3. The summed E-state index contributed by atoms with van der Waals surface area (Å²) in [6.45, 7) is 1.79. The Morgan fingerprint density at radius 2 is 1.91 bits per heavy atom. The Bertz CT molecular complexity index is 777. The molecular formula is C16H16FNO3S. The smallest absolute Gasteiger partial charge is 0.245 e. The van der Waals surface area contributed by atoms with Gasteiger partial charge in [0.05, 0.1) is 11.0 Å². The van der Waals surface area contributed by atoms with Crippen LogP contribution in [0.2, 0.25) is 0 Å². The van der Waals surface area contributed by atoms with Gasteiger partial charge in [-0.05, 0) is 36.2 Å². The third kappa shape index (κ3) is 2.77. The summed E-state index contributed by atoms with van der Waals surface area (Å²) in [4.78, 5) is 0.0868. The molecular weight excluding hydrogens is 305 g/mol. The number of aryl methyl sites for hydroxylation is 1. The van der Waals surface area contributed by atoms with Crippen molar-refractivity contribution in [2.45, 2.75) is 17.9 Å². The Labute approximate surface area is 129 Å². The lowest BCUT2D eigenvalue weighted by Crippen LogP contribution is -2.28. The van der Waals surface area contributed by atoms with E-state index in [1.165, 1.54) is 22.5 Å². The molecule has 0 bridgehead atoms. The lowest BCUT2D eigenvalue weighted by molar-refractivity contribution is 0.104. The van der Waals surface area contributed by atoms with E-state index in [1.807, 2.05) is 30.3 Å². The molecule has 0 N–H and O–H groups in total. The average Bonchev–Trinajstić information content (AvgIpc) is 3.01. The number of benzene rings is 2. The number of sulfonamides is 1. The summed E-state index contributed by atoms with van der Waals surface area (Å²) >= 11 is 0. The van der Waals surface area contributed by atoms with E-state index in [0.29, 0.717) is 5.56 Å². The maximum Gasteiger partial charge on any atom is 0.245 e. The lowest BCUT2D eigenvalue weighted by atomic mass is 10.1. The third-order valence-electron chi connectivity index (χ3n) is 3.73. The molecule has 1 unspecified atom stereocenters. The van der Waals surface area contributed by atoms with Gasteiger partial charge < -0.3 is 4.74 Å². The van der Waals surface area contributed by atoms with Gasteiger partial charge in [-0.1, -0.05) is 30.3 Å². The van der Waals surface area contributed by atoms with Gasteiger partial charge in [0.2, 0.25) is 10.0 Å². The second-order valence-corrected chi connectivity index (χ2v) is 7.18. The zero-order valence-electron chi connectivity index (χ0n) is 12.1. The van der Waals surface area contributed by atoms with E-state index < -0.39 is 15.8 Å². The van der Waals surface area contributed by atoms with Crippen LogP contribution in [0.25, 0.3) is 0 Å². The number of nitrogens with zero attached hydrogens (tertiary/aromatic N) is 1. The van der Waals surface area contributed by atoms with E-state index >= 15 is 0 Å². The van der Waals surface area contributed by atoms with Gasteiger partial charge in [0.15, 0.2) is 0 Å². The normalized spacial score (nSPS) is 19.5. The number of hydrogen-bond acceptors (Lipinski definition) is 3. The van der Waals surface area contributed by atoms with Gasteiger partial charge in [-0.2, -0.15) is 4.31 Å². The average molecular weight is 321 g/mol. The van der Waals surface area contributed by atoms with Crippen LogP contribution in [0, 0.1) is 12.7 Å². The van der Waals surface area contributed by atoms with Crippen molar-refractivity contribution in [1.29, 1.82) is 0 Å². The van der Waals surface area contributed by atoms with Crippen molar-refractivity contribution < 1.29 is 17.5 Å². The van der Waals surface area contributed by atoms with Crippen molar-refractivity contribution in [1.82, 2.24) is 4.31 Å². The zero-order valence-corrected chi connectivity index (χ0v) is 12.9. The molecule has 0 aromatic heterocycles. The SMILES string of the molecule is Cc1cc(S(=O)(=O)N2COC(c3ccccc3)C2)ccc1F. The summed E-state index contributed by atoms with van der Waals surface area (Å²) < 4.78 is 45.4. The molecule has 0 radical (unpaired) electrons. The lowest BCUT2D eigenvalue weighted by Gasteiger charge is -2.15. The van der Waals surface area contributed by atoms with E-state index in [0.717, 1.165) is 5.56 Å². The van der Waals surface area contributed by atoms with Gasteiger partial charge >= 0.3 is 0 Å². The van der Waals surface area contributed by atoms with Gasteiger partial charge in [0, 0.05) is 6.54 Å². The Kier molecular flexibility index (Phi) is 3.99.